The van der Waals surface area contributed by atoms with E-state index in [2.05, 4.69) is 0 Å². The van der Waals surface area contributed by atoms with Crippen molar-refractivity contribution in [3.63, 3.8) is 0 Å². The van der Waals surface area contributed by atoms with Crippen LogP contribution in [0.4, 0.5) is 0 Å². The van der Waals surface area contributed by atoms with Crippen LogP contribution in [-0.4, -0.2) is 81.3 Å². The zero-order valence-corrected chi connectivity index (χ0v) is 21.1. The summed E-state index contributed by atoms with van der Waals surface area (Å²) in [6.07, 6.45) is -0.0621. The number of aliphatic hydroxyl groups is 2. The van der Waals surface area contributed by atoms with Crippen LogP contribution in [0.25, 0.3) is 0 Å². The quantitative estimate of drug-likeness (QED) is 0.0838. The van der Waals surface area contributed by atoms with Crippen molar-refractivity contribution in [3.8, 4) is 0 Å². The highest BCUT2D eigenvalue weighted by Gasteiger charge is 2.37. The third-order valence-corrected chi connectivity index (χ3v) is 5.49. The summed E-state index contributed by atoms with van der Waals surface area (Å²) in [5.41, 5.74) is 0. The van der Waals surface area contributed by atoms with E-state index in [0.29, 0.717) is 51.6 Å². The normalized spacial score (nSPS) is 14.2. The largest absolute Gasteiger partial charge is 0.473 e. The first-order valence-corrected chi connectivity index (χ1v) is 12.4. The molecule has 0 fully saturated rings. The number of unbranched alkanes of at least 4 members (excludes halogenated alkanes) is 7. The Bertz CT molecular complexity index is 693. The highest BCUT2D eigenvalue weighted by atomic mass is 16.6. The second-order valence-corrected chi connectivity index (χ2v) is 8.44. The van der Waals surface area contributed by atoms with Gasteiger partial charge in [0, 0.05) is 6.42 Å². The summed E-state index contributed by atoms with van der Waals surface area (Å²) in [5, 5.41) is 39.0. The molecule has 0 heterocycles. The minimum atomic E-state index is -1.88. The second-order valence-electron chi connectivity index (χ2n) is 8.44. The minimum absolute atomic E-state index is 0.00452. The molecule has 0 amide bonds. The maximum atomic E-state index is 11.6. The molecule has 0 aliphatic heterocycles. The number of carbonyl (C=O) groups excluding carboxylic acids is 3. The van der Waals surface area contributed by atoms with Gasteiger partial charge in [-0.15, -0.1) is 0 Å². The van der Waals surface area contributed by atoms with E-state index in [1.807, 2.05) is 6.92 Å². The number of carboxylic acid groups (broad SMARTS) is 2. The minimum Gasteiger partial charge on any atom is -0.473 e. The Kier molecular flexibility index (Phi) is 18.0. The van der Waals surface area contributed by atoms with Gasteiger partial charge in [0.1, 0.15) is 24.4 Å². The molecule has 4 unspecified atom stereocenters. The molecule has 0 aromatic rings. The van der Waals surface area contributed by atoms with E-state index in [9.17, 15) is 34.2 Å². The Labute approximate surface area is 210 Å². The van der Waals surface area contributed by atoms with E-state index in [1.165, 1.54) is 0 Å². The highest BCUT2D eigenvalue weighted by Crippen LogP contribution is 2.21. The number of rotatable bonds is 19. The molecular formula is C24H40O12. The van der Waals surface area contributed by atoms with Gasteiger partial charge in [-0.05, 0) is 39.0 Å². The predicted molar refractivity (Wildman–Crippen MR) is 125 cm³/mol. The molecule has 0 rings (SSSR count). The second kappa shape index (κ2) is 19.5. The van der Waals surface area contributed by atoms with Crippen LogP contribution in [0.15, 0.2) is 0 Å². The Morgan fingerprint density at radius 1 is 0.639 bits per heavy atom. The molecule has 208 valence electrons. The van der Waals surface area contributed by atoms with Crippen LogP contribution in [-0.2, 0) is 38.2 Å². The molecule has 0 aromatic heterocycles. The van der Waals surface area contributed by atoms with Crippen molar-refractivity contribution >= 4 is 29.8 Å². The number of esters is 3. The van der Waals surface area contributed by atoms with Crippen LogP contribution >= 0.6 is 0 Å². The fraction of sp³-hybridized carbons (Fsp3) is 0.792. The lowest BCUT2D eigenvalue weighted by Gasteiger charge is -2.31. The topological polar surface area (TPSA) is 194 Å². The lowest BCUT2D eigenvalue weighted by molar-refractivity contribution is -0.185. The van der Waals surface area contributed by atoms with Gasteiger partial charge < -0.3 is 34.6 Å². The zero-order valence-electron chi connectivity index (χ0n) is 21.1. The van der Waals surface area contributed by atoms with Crippen LogP contribution < -0.4 is 0 Å². The Hall–Kier alpha value is -2.73. The van der Waals surface area contributed by atoms with Gasteiger partial charge in [0.2, 0.25) is 0 Å². The molecule has 12 heteroatoms. The van der Waals surface area contributed by atoms with E-state index < -0.39 is 48.3 Å². The van der Waals surface area contributed by atoms with Crippen LogP contribution in [0, 0.1) is 0 Å². The molecule has 0 saturated carbocycles. The smallest absolute Gasteiger partial charge is 0.417 e. The number of ether oxygens (including phenoxy) is 3. The van der Waals surface area contributed by atoms with Crippen LogP contribution in [0.5, 0.6) is 0 Å². The molecule has 0 saturated heterocycles. The van der Waals surface area contributed by atoms with Gasteiger partial charge in [0.15, 0.2) is 0 Å². The molecule has 0 aromatic carbocycles. The van der Waals surface area contributed by atoms with E-state index in [0.717, 1.165) is 19.3 Å². The number of carboxylic acids is 2. The van der Waals surface area contributed by atoms with Gasteiger partial charge in [-0.25, -0.2) is 19.2 Å². The summed E-state index contributed by atoms with van der Waals surface area (Å²) in [7, 11) is 0. The molecule has 0 aliphatic carbocycles. The number of aliphatic hydroxyl groups excluding tert-OH is 2. The predicted octanol–water partition coefficient (Wildman–Crippen LogP) is 1.97. The molecule has 4 N–H and O–H groups in total. The van der Waals surface area contributed by atoms with Crippen molar-refractivity contribution in [1.29, 1.82) is 0 Å². The first-order chi connectivity index (χ1) is 17.0. The maximum Gasteiger partial charge on any atom is 0.417 e. The Morgan fingerprint density at radius 2 is 1.06 bits per heavy atom. The zero-order chi connectivity index (χ0) is 27.5. The highest BCUT2D eigenvalue weighted by molar-refractivity contribution is 6.29. The van der Waals surface area contributed by atoms with Crippen LogP contribution in [0.3, 0.4) is 0 Å². The average molecular weight is 521 g/mol. The number of hydrogen-bond acceptors (Lipinski definition) is 10. The van der Waals surface area contributed by atoms with E-state index in [4.69, 9.17) is 24.4 Å². The summed E-state index contributed by atoms with van der Waals surface area (Å²) < 4.78 is 14.5. The van der Waals surface area contributed by atoms with Crippen molar-refractivity contribution in [2.24, 2.45) is 0 Å². The SMILES string of the molecule is CCCCCCC(OC(=O)C(=O)O)C(O)C(O)C(CCCCCCCC(=O)OCC)OC(=O)C(=O)O. The van der Waals surface area contributed by atoms with Gasteiger partial charge >= 0.3 is 29.8 Å². The van der Waals surface area contributed by atoms with E-state index in [1.54, 1.807) is 6.92 Å². The molecule has 0 aliphatic rings. The summed E-state index contributed by atoms with van der Waals surface area (Å²) in [6, 6.07) is 0. The third-order valence-electron chi connectivity index (χ3n) is 5.49. The third kappa shape index (κ3) is 14.6. The van der Waals surface area contributed by atoms with Crippen LogP contribution in [0.2, 0.25) is 0 Å². The molecule has 0 radical (unpaired) electrons. The first kappa shape index (κ1) is 33.3. The lowest BCUT2D eigenvalue weighted by Crippen LogP contribution is -2.48. The van der Waals surface area contributed by atoms with Gasteiger partial charge in [0.05, 0.1) is 6.61 Å². The van der Waals surface area contributed by atoms with Crippen molar-refractivity contribution in [3.05, 3.63) is 0 Å². The number of carbonyl (C=O) groups is 5. The van der Waals surface area contributed by atoms with Crippen molar-refractivity contribution < 1.29 is 58.6 Å². The van der Waals surface area contributed by atoms with Gasteiger partial charge in [-0.3, -0.25) is 4.79 Å². The fourth-order valence-corrected chi connectivity index (χ4v) is 3.57. The van der Waals surface area contributed by atoms with E-state index >= 15 is 0 Å². The molecule has 0 bridgehead atoms. The number of aliphatic carboxylic acids is 2. The van der Waals surface area contributed by atoms with Gasteiger partial charge in [0.25, 0.3) is 0 Å². The summed E-state index contributed by atoms with van der Waals surface area (Å²) in [4.78, 5) is 56.4. The van der Waals surface area contributed by atoms with Gasteiger partial charge in [-0.2, -0.15) is 0 Å². The molecular weight excluding hydrogens is 480 g/mol. The molecule has 0 spiro atoms. The maximum absolute atomic E-state index is 11.6. The summed E-state index contributed by atoms with van der Waals surface area (Å²) in [6.45, 7) is 4.02. The first-order valence-electron chi connectivity index (χ1n) is 12.4. The standard InChI is InChI=1S/C24H40O12/c1-3-5-6-10-13-16(35-23(32)21(28)29)19(26)20(27)17(36-24(33)22(30)31)14-11-8-7-9-12-15-18(25)34-4-2/h16-17,19-20,26-27H,3-15H2,1-2H3,(H,28,29)(H,30,31). The lowest BCUT2D eigenvalue weighted by atomic mass is 9.95. The van der Waals surface area contributed by atoms with Crippen molar-refractivity contribution in [1.82, 2.24) is 0 Å². The van der Waals surface area contributed by atoms with Crippen molar-refractivity contribution in [2.75, 3.05) is 6.61 Å². The fourth-order valence-electron chi connectivity index (χ4n) is 3.57. The average Bonchev–Trinajstić information content (AvgIpc) is 2.83. The summed E-state index contributed by atoms with van der Waals surface area (Å²) >= 11 is 0. The van der Waals surface area contributed by atoms with Gasteiger partial charge in [-0.1, -0.05) is 45.4 Å². The Balaban J connectivity index is 5.09. The Morgan fingerprint density at radius 3 is 1.47 bits per heavy atom. The van der Waals surface area contributed by atoms with E-state index in [-0.39, 0.29) is 18.8 Å². The number of hydrogen-bond donors (Lipinski definition) is 4. The molecule has 36 heavy (non-hydrogen) atoms. The molecule has 12 nitrogen and oxygen atoms in total. The monoisotopic (exact) mass is 520 g/mol. The summed E-state index contributed by atoms with van der Waals surface area (Å²) in [5.74, 6) is -7.25. The van der Waals surface area contributed by atoms with Crippen LogP contribution in [0.1, 0.15) is 90.9 Å². The molecule has 4 atom stereocenters. The van der Waals surface area contributed by atoms with Crippen molar-refractivity contribution in [2.45, 2.75) is 115 Å².